The largest absolute Gasteiger partial charge is 0.393 e. The van der Waals surface area contributed by atoms with Gasteiger partial charge in [-0.15, -0.1) is 0 Å². The summed E-state index contributed by atoms with van der Waals surface area (Å²) in [5.74, 6) is -0.410. The van der Waals surface area contributed by atoms with E-state index in [-0.39, 0.29) is 24.6 Å². The summed E-state index contributed by atoms with van der Waals surface area (Å²) < 4.78 is 30.1. The van der Waals surface area contributed by atoms with E-state index in [1.165, 1.54) is 23.1 Å². The molecule has 1 aromatic carbocycles. The van der Waals surface area contributed by atoms with Crippen LogP contribution in [-0.4, -0.2) is 54.0 Å². The SMILES string of the molecule is C[C@@](CCn1ccc(-c2ccc(C3CC(O)C3)cc2)cc1=O)(C(=O)NOC1CCCCO1)S(C)(=O)=O. The van der Waals surface area contributed by atoms with Gasteiger partial charge in [0.1, 0.15) is 0 Å². The van der Waals surface area contributed by atoms with Gasteiger partial charge in [-0.2, -0.15) is 0 Å². The fourth-order valence-electron chi connectivity index (χ4n) is 4.51. The first kappa shape index (κ1) is 26.5. The second kappa shape index (κ2) is 10.8. The maximum atomic E-state index is 12.8. The molecule has 2 aliphatic rings. The van der Waals surface area contributed by atoms with Crippen LogP contribution in [0.3, 0.4) is 0 Å². The Balaban J connectivity index is 1.41. The zero-order chi connectivity index (χ0) is 25.9. The van der Waals surface area contributed by atoms with Crippen molar-refractivity contribution in [3.8, 4) is 11.1 Å². The highest BCUT2D eigenvalue weighted by molar-refractivity contribution is 7.92. The maximum Gasteiger partial charge on any atom is 0.264 e. The summed E-state index contributed by atoms with van der Waals surface area (Å²) >= 11 is 0. The number of benzene rings is 1. The molecule has 1 aromatic heterocycles. The topological polar surface area (TPSA) is 124 Å². The highest BCUT2D eigenvalue weighted by atomic mass is 32.2. The fraction of sp³-hybridized carbons (Fsp3) is 0.538. The Kier molecular flexibility index (Phi) is 7.99. The van der Waals surface area contributed by atoms with Crippen LogP contribution in [0.1, 0.15) is 56.9 Å². The first-order valence-electron chi connectivity index (χ1n) is 12.3. The van der Waals surface area contributed by atoms with Crippen molar-refractivity contribution in [2.45, 2.75) is 75.1 Å². The van der Waals surface area contributed by atoms with Crippen molar-refractivity contribution in [3.63, 3.8) is 0 Å². The monoisotopic (exact) mass is 518 g/mol. The van der Waals surface area contributed by atoms with Gasteiger partial charge in [0.2, 0.25) is 0 Å². The lowest BCUT2D eigenvalue weighted by atomic mass is 9.77. The van der Waals surface area contributed by atoms with E-state index >= 15 is 0 Å². The first-order chi connectivity index (χ1) is 17.1. The van der Waals surface area contributed by atoms with Gasteiger partial charge in [0.25, 0.3) is 11.5 Å². The van der Waals surface area contributed by atoms with E-state index in [0.29, 0.717) is 18.9 Å². The van der Waals surface area contributed by atoms with Crippen molar-refractivity contribution < 1.29 is 27.9 Å². The molecule has 9 nitrogen and oxygen atoms in total. The van der Waals surface area contributed by atoms with Crippen LogP contribution in [0.4, 0.5) is 0 Å². The maximum absolute atomic E-state index is 12.8. The van der Waals surface area contributed by atoms with Crippen molar-refractivity contribution in [2.24, 2.45) is 0 Å². The summed E-state index contributed by atoms with van der Waals surface area (Å²) in [6, 6.07) is 11.3. The number of carbonyl (C=O) groups excluding carboxylic acids is 1. The molecule has 2 heterocycles. The molecule has 0 spiro atoms. The number of pyridine rings is 1. The third-order valence-electron chi connectivity index (χ3n) is 7.37. The second-order valence-electron chi connectivity index (χ2n) is 9.99. The standard InChI is InChI=1S/C26H34N2O7S/c1-26(36(2,32)33,25(31)27-35-24-5-3-4-14-34-24)11-13-28-12-10-20(17-23(28)30)18-6-8-19(9-7-18)21-15-22(29)16-21/h6-10,12,17,21-22,24,29H,3-5,11,13-16H2,1-2H3,(H,27,31)/t21?,22?,24?,26-/m1/s1. The first-order valence-corrected chi connectivity index (χ1v) is 14.2. The predicted octanol–water partition coefficient (Wildman–Crippen LogP) is 2.52. The Hall–Kier alpha value is -2.53. The molecule has 10 heteroatoms. The van der Waals surface area contributed by atoms with Gasteiger partial charge in [0.15, 0.2) is 20.9 Å². The lowest BCUT2D eigenvalue weighted by Crippen LogP contribution is -2.51. The molecule has 1 saturated heterocycles. The lowest BCUT2D eigenvalue weighted by molar-refractivity contribution is -0.201. The van der Waals surface area contributed by atoms with Crippen LogP contribution < -0.4 is 11.0 Å². The number of hydrogen-bond donors (Lipinski definition) is 2. The summed E-state index contributed by atoms with van der Waals surface area (Å²) in [6.45, 7) is 1.90. The zero-order valence-electron chi connectivity index (χ0n) is 20.7. The van der Waals surface area contributed by atoms with Crippen LogP contribution >= 0.6 is 0 Å². The number of rotatable bonds is 9. The molecular formula is C26H34N2O7S. The molecule has 1 unspecified atom stereocenters. The minimum absolute atomic E-state index is 0.0407. The number of aliphatic hydroxyl groups is 1. The van der Waals surface area contributed by atoms with Gasteiger partial charge < -0.3 is 14.4 Å². The Bertz CT molecular complexity index is 1230. The minimum Gasteiger partial charge on any atom is -0.393 e. The number of sulfone groups is 1. The molecule has 1 aliphatic heterocycles. The van der Waals surface area contributed by atoms with Crippen LogP contribution in [0.5, 0.6) is 0 Å². The number of amides is 1. The zero-order valence-corrected chi connectivity index (χ0v) is 21.5. The van der Waals surface area contributed by atoms with Crippen LogP contribution in [0.25, 0.3) is 11.1 Å². The van der Waals surface area contributed by atoms with Crippen LogP contribution in [0, 0.1) is 0 Å². The van der Waals surface area contributed by atoms with E-state index in [0.717, 1.165) is 43.1 Å². The molecule has 196 valence electrons. The average molecular weight is 519 g/mol. The number of aryl methyl sites for hydroxylation is 1. The van der Waals surface area contributed by atoms with Gasteiger partial charge >= 0.3 is 0 Å². The van der Waals surface area contributed by atoms with Gasteiger partial charge in [-0.1, -0.05) is 24.3 Å². The van der Waals surface area contributed by atoms with E-state index in [9.17, 15) is 23.1 Å². The molecule has 0 radical (unpaired) electrons. The van der Waals surface area contributed by atoms with E-state index in [1.54, 1.807) is 12.3 Å². The Morgan fingerprint density at radius 1 is 1.19 bits per heavy atom. The average Bonchev–Trinajstić information content (AvgIpc) is 2.84. The van der Waals surface area contributed by atoms with Crippen molar-refractivity contribution in [1.82, 2.24) is 10.0 Å². The number of ether oxygens (including phenoxy) is 1. The third kappa shape index (κ3) is 5.88. The number of nitrogens with one attached hydrogen (secondary N) is 1. The molecule has 0 bridgehead atoms. The van der Waals surface area contributed by atoms with Crippen molar-refractivity contribution >= 4 is 15.7 Å². The third-order valence-corrected chi connectivity index (χ3v) is 9.40. The molecule has 2 fully saturated rings. The number of aromatic nitrogens is 1. The molecule has 1 saturated carbocycles. The summed E-state index contributed by atoms with van der Waals surface area (Å²) in [6.07, 6.45) is 5.69. The minimum atomic E-state index is -3.83. The Labute approximate surface area is 211 Å². The molecule has 1 amide bonds. The number of carbonyl (C=O) groups is 1. The summed E-state index contributed by atoms with van der Waals surface area (Å²) in [5, 5.41) is 9.51. The van der Waals surface area contributed by atoms with Crippen LogP contribution in [0.2, 0.25) is 0 Å². The number of aliphatic hydroxyl groups excluding tert-OH is 1. The summed E-state index contributed by atoms with van der Waals surface area (Å²) in [7, 11) is -3.83. The van der Waals surface area contributed by atoms with E-state index in [1.807, 2.05) is 24.3 Å². The fourth-order valence-corrected chi connectivity index (χ4v) is 5.35. The summed E-state index contributed by atoms with van der Waals surface area (Å²) in [5.41, 5.74) is 4.79. The molecule has 36 heavy (non-hydrogen) atoms. The molecule has 1 aliphatic carbocycles. The Morgan fingerprint density at radius 3 is 2.50 bits per heavy atom. The number of nitrogens with zero attached hydrogens (tertiary/aromatic N) is 1. The van der Waals surface area contributed by atoms with Gasteiger partial charge in [-0.25, -0.2) is 18.7 Å². The molecule has 4 rings (SSSR count). The Morgan fingerprint density at radius 2 is 1.92 bits per heavy atom. The highest BCUT2D eigenvalue weighted by Crippen LogP contribution is 2.37. The van der Waals surface area contributed by atoms with Crippen molar-refractivity contribution in [3.05, 3.63) is 58.5 Å². The number of hydrogen-bond acceptors (Lipinski definition) is 7. The van der Waals surface area contributed by atoms with Gasteiger partial charge in [0.05, 0.1) is 6.10 Å². The van der Waals surface area contributed by atoms with Gasteiger partial charge in [0, 0.05) is 38.1 Å². The van der Waals surface area contributed by atoms with Gasteiger partial charge in [-0.3, -0.25) is 9.59 Å². The van der Waals surface area contributed by atoms with Crippen molar-refractivity contribution in [2.75, 3.05) is 12.9 Å². The smallest absolute Gasteiger partial charge is 0.264 e. The molecular weight excluding hydrogens is 484 g/mol. The van der Waals surface area contributed by atoms with Crippen LogP contribution in [0.15, 0.2) is 47.4 Å². The molecule has 2 N–H and O–H groups in total. The van der Waals surface area contributed by atoms with E-state index < -0.39 is 26.8 Å². The quantitative estimate of drug-likeness (QED) is 0.489. The molecule has 2 aromatic rings. The normalized spacial score (nSPS) is 23.9. The lowest BCUT2D eigenvalue weighted by Gasteiger charge is -2.31. The van der Waals surface area contributed by atoms with E-state index in [2.05, 4.69) is 5.48 Å². The van der Waals surface area contributed by atoms with Crippen LogP contribution in [-0.2, 0) is 30.8 Å². The summed E-state index contributed by atoms with van der Waals surface area (Å²) in [4.78, 5) is 30.9. The highest BCUT2D eigenvalue weighted by Gasteiger charge is 2.44. The molecule has 2 atom stereocenters. The van der Waals surface area contributed by atoms with E-state index in [4.69, 9.17) is 9.57 Å². The predicted molar refractivity (Wildman–Crippen MR) is 135 cm³/mol. The van der Waals surface area contributed by atoms with Gasteiger partial charge in [-0.05, 0) is 67.7 Å². The second-order valence-corrected chi connectivity index (χ2v) is 12.4. The number of hydroxylamine groups is 1. The van der Waals surface area contributed by atoms with Crippen molar-refractivity contribution in [1.29, 1.82) is 0 Å².